The van der Waals surface area contributed by atoms with Gasteiger partial charge in [0.25, 0.3) is 0 Å². The van der Waals surface area contributed by atoms with Crippen molar-refractivity contribution in [2.75, 3.05) is 17.7 Å². The third-order valence-corrected chi connectivity index (χ3v) is 3.59. The molecule has 0 saturated carbocycles. The first-order valence-corrected chi connectivity index (χ1v) is 6.93. The number of carboxylic acid groups (broad SMARTS) is 1. The van der Waals surface area contributed by atoms with Gasteiger partial charge in [-0.25, -0.2) is 4.79 Å². The lowest BCUT2D eigenvalue weighted by Crippen LogP contribution is -2.19. The molecule has 21 heavy (non-hydrogen) atoms. The van der Waals surface area contributed by atoms with Gasteiger partial charge in [0.2, 0.25) is 0 Å². The van der Waals surface area contributed by atoms with Crippen molar-refractivity contribution in [1.82, 2.24) is 0 Å². The lowest BCUT2D eigenvalue weighted by Gasteiger charge is -2.21. The van der Waals surface area contributed by atoms with Crippen LogP contribution in [-0.4, -0.2) is 18.1 Å². The summed E-state index contributed by atoms with van der Waals surface area (Å²) >= 11 is 0. The zero-order valence-corrected chi connectivity index (χ0v) is 12.3. The standard InChI is InChI=1S/C17H20N2O2/c1-3-12-7-9-14(10-8-12)19(2)11-13-5-4-6-15(18)16(13)17(20)21/h4-10H,3,11,18H2,1-2H3,(H,20,21). The molecule has 0 saturated heterocycles. The Hall–Kier alpha value is -2.49. The van der Waals surface area contributed by atoms with Crippen molar-refractivity contribution in [2.45, 2.75) is 19.9 Å². The van der Waals surface area contributed by atoms with Crippen molar-refractivity contribution >= 4 is 17.3 Å². The normalized spacial score (nSPS) is 10.4. The van der Waals surface area contributed by atoms with Crippen LogP contribution in [0.15, 0.2) is 42.5 Å². The maximum Gasteiger partial charge on any atom is 0.338 e. The predicted molar refractivity (Wildman–Crippen MR) is 85.7 cm³/mol. The molecule has 0 amide bonds. The number of carboxylic acids is 1. The van der Waals surface area contributed by atoms with E-state index in [0.717, 1.165) is 12.1 Å². The van der Waals surface area contributed by atoms with Gasteiger partial charge in [-0.2, -0.15) is 0 Å². The lowest BCUT2D eigenvalue weighted by atomic mass is 10.0. The molecule has 0 fully saturated rings. The fourth-order valence-electron chi connectivity index (χ4n) is 2.35. The monoisotopic (exact) mass is 284 g/mol. The second-order valence-corrected chi connectivity index (χ2v) is 5.06. The zero-order chi connectivity index (χ0) is 15.4. The highest BCUT2D eigenvalue weighted by molar-refractivity contribution is 5.95. The van der Waals surface area contributed by atoms with E-state index in [1.807, 2.05) is 24.1 Å². The fraction of sp³-hybridized carbons (Fsp3) is 0.235. The van der Waals surface area contributed by atoms with E-state index in [9.17, 15) is 9.90 Å². The highest BCUT2D eigenvalue weighted by Crippen LogP contribution is 2.22. The van der Waals surface area contributed by atoms with E-state index in [1.54, 1.807) is 18.2 Å². The molecule has 0 radical (unpaired) electrons. The van der Waals surface area contributed by atoms with E-state index in [1.165, 1.54) is 5.56 Å². The SMILES string of the molecule is CCc1ccc(N(C)Cc2cccc(N)c2C(=O)O)cc1. The van der Waals surface area contributed by atoms with Crippen LogP contribution in [0.5, 0.6) is 0 Å². The first-order chi connectivity index (χ1) is 10.0. The molecule has 4 nitrogen and oxygen atoms in total. The summed E-state index contributed by atoms with van der Waals surface area (Å²) in [7, 11) is 1.94. The second kappa shape index (κ2) is 6.31. The van der Waals surface area contributed by atoms with Crippen molar-refractivity contribution in [3.8, 4) is 0 Å². The first-order valence-electron chi connectivity index (χ1n) is 6.93. The molecular formula is C17H20N2O2. The second-order valence-electron chi connectivity index (χ2n) is 5.06. The number of nitrogens with zero attached hydrogens (tertiary/aromatic N) is 1. The maximum absolute atomic E-state index is 11.3. The predicted octanol–water partition coefficient (Wildman–Crippen LogP) is 3.17. The summed E-state index contributed by atoms with van der Waals surface area (Å²) in [6, 6.07) is 13.5. The van der Waals surface area contributed by atoms with E-state index in [0.29, 0.717) is 17.8 Å². The molecular weight excluding hydrogens is 264 g/mol. The molecule has 2 aromatic rings. The number of aromatic carboxylic acids is 1. The van der Waals surface area contributed by atoms with E-state index in [4.69, 9.17) is 5.73 Å². The molecule has 0 spiro atoms. The summed E-state index contributed by atoms with van der Waals surface area (Å²) in [5.41, 5.74) is 9.30. The number of nitrogens with two attached hydrogens (primary N) is 1. The number of aryl methyl sites for hydroxylation is 1. The van der Waals surface area contributed by atoms with Gasteiger partial charge in [0.05, 0.1) is 5.56 Å². The Morgan fingerprint density at radius 1 is 1.19 bits per heavy atom. The molecule has 0 bridgehead atoms. The summed E-state index contributed by atoms with van der Waals surface area (Å²) in [6.45, 7) is 2.61. The number of nitrogen functional groups attached to an aromatic ring is 1. The summed E-state index contributed by atoms with van der Waals surface area (Å²) in [6.07, 6.45) is 1.00. The Labute approximate surface area is 124 Å². The van der Waals surface area contributed by atoms with E-state index in [2.05, 4.69) is 19.1 Å². The van der Waals surface area contributed by atoms with Crippen molar-refractivity contribution in [3.05, 3.63) is 59.2 Å². The van der Waals surface area contributed by atoms with E-state index >= 15 is 0 Å². The Morgan fingerprint density at radius 3 is 2.43 bits per heavy atom. The molecule has 0 aliphatic carbocycles. The van der Waals surface area contributed by atoms with Crippen LogP contribution in [-0.2, 0) is 13.0 Å². The van der Waals surface area contributed by atoms with Crippen LogP contribution in [0.25, 0.3) is 0 Å². The number of benzene rings is 2. The minimum absolute atomic E-state index is 0.189. The number of rotatable bonds is 5. The fourth-order valence-corrected chi connectivity index (χ4v) is 2.35. The zero-order valence-electron chi connectivity index (χ0n) is 12.3. The van der Waals surface area contributed by atoms with Crippen LogP contribution in [0.3, 0.4) is 0 Å². The molecule has 4 heteroatoms. The molecule has 0 heterocycles. The Bertz CT molecular complexity index is 636. The Balaban J connectivity index is 2.24. The summed E-state index contributed by atoms with van der Waals surface area (Å²) < 4.78 is 0. The third kappa shape index (κ3) is 3.34. The van der Waals surface area contributed by atoms with Crippen LogP contribution in [0.2, 0.25) is 0 Å². The van der Waals surface area contributed by atoms with Crippen molar-refractivity contribution in [1.29, 1.82) is 0 Å². The topological polar surface area (TPSA) is 66.6 Å². The van der Waals surface area contributed by atoms with Gasteiger partial charge in [0.15, 0.2) is 0 Å². The number of anilines is 2. The molecule has 0 aliphatic heterocycles. The highest BCUT2D eigenvalue weighted by atomic mass is 16.4. The largest absolute Gasteiger partial charge is 0.478 e. The molecule has 2 rings (SSSR count). The first kappa shape index (κ1) is 14.9. The smallest absolute Gasteiger partial charge is 0.338 e. The van der Waals surface area contributed by atoms with Crippen LogP contribution in [0, 0.1) is 0 Å². The molecule has 0 atom stereocenters. The lowest BCUT2D eigenvalue weighted by molar-refractivity contribution is 0.0697. The van der Waals surface area contributed by atoms with Gasteiger partial charge in [-0.1, -0.05) is 31.2 Å². The molecule has 0 unspecified atom stereocenters. The van der Waals surface area contributed by atoms with Crippen molar-refractivity contribution < 1.29 is 9.90 Å². The van der Waals surface area contributed by atoms with Gasteiger partial charge < -0.3 is 15.7 Å². The maximum atomic E-state index is 11.3. The number of hydrogen-bond acceptors (Lipinski definition) is 3. The van der Waals surface area contributed by atoms with Crippen LogP contribution in [0.4, 0.5) is 11.4 Å². The minimum Gasteiger partial charge on any atom is -0.478 e. The van der Waals surface area contributed by atoms with Gasteiger partial charge in [0.1, 0.15) is 0 Å². The van der Waals surface area contributed by atoms with Crippen LogP contribution in [0.1, 0.15) is 28.4 Å². The Morgan fingerprint density at radius 2 is 1.86 bits per heavy atom. The van der Waals surface area contributed by atoms with Gasteiger partial charge in [0, 0.05) is 25.0 Å². The third-order valence-electron chi connectivity index (χ3n) is 3.59. The van der Waals surface area contributed by atoms with Crippen LogP contribution >= 0.6 is 0 Å². The van der Waals surface area contributed by atoms with Gasteiger partial charge in [-0.05, 0) is 35.7 Å². The van der Waals surface area contributed by atoms with Crippen molar-refractivity contribution in [2.24, 2.45) is 0 Å². The average molecular weight is 284 g/mol. The van der Waals surface area contributed by atoms with Crippen molar-refractivity contribution in [3.63, 3.8) is 0 Å². The molecule has 0 aliphatic rings. The van der Waals surface area contributed by atoms with Gasteiger partial charge in [-0.3, -0.25) is 0 Å². The molecule has 0 aromatic heterocycles. The Kier molecular flexibility index (Phi) is 4.48. The molecule has 3 N–H and O–H groups in total. The number of hydrogen-bond donors (Lipinski definition) is 2. The van der Waals surface area contributed by atoms with E-state index < -0.39 is 5.97 Å². The van der Waals surface area contributed by atoms with Gasteiger partial charge in [-0.15, -0.1) is 0 Å². The molecule has 110 valence electrons. The average Bonchev–Trinajstić information content (AvgIpc) is 2.47. The van der Waals surface area contributed by atoms with E-state index in [-0.39, 0.29) is 5.56 Å². The van der Waals surface area contributed by atoms with Gasteiger partial charge >= 0.3 is 5.97 Å². The highest BCUT2D eigenvalue weighted by Gasteiger charge is 2.15. The summed E-state index contributed by atoms with van der Waals surface area (Å²) in [5, 5.41) is 9.30. The summed E-state index contributed by atoms with van der Waals surface area (Å²) in [4.78, 5) is 13.4. The quantitative estimate of drug-likeness (QED) is 0.828. The number of carbonyl (C=O) groups is 1. The summed E-state index contributed by atoms with van der Waals surface area (Å²) in [5.74, 6) is -0.988. The minimum atomic E-state index is -0.988. The molecule has 2 aromatic carbocycles. The van der Waals surface area contributed by atoms with Crippen LogP contribution < -0.4 is 10.6 Å².